The third kappa shape index (κ3) is 6.57. The molecule has 2 aromatic carbocycles. The molecule has 0 spiro atoms. The van der Waals surface area contributed by atoms with Gasteiger partial charge in [0, 0.05) is 0 Å². The number of carbonyl (C=O) groups is 2. The summed E-state index contributed by atoms with van der Waals surface area (Å²) in [5.74, 6) is -1.23. The summed E-state index contributed by atoms with van der Waals surface area (Å²) in [4.78, 5) is 27.3. The molecule has 0 N–H and O–H groups in total. The Labute approximate surface area is 191 Å². The van der Waals surface area contributed by atoms with Crippen molar-refractivity contribution in [2.75, 3.05) is 6.61 Å². The lowest BCUT2D eigenvalue weighted by atomic mass is 9.86. The van der Waals surface area contributed by atoms with Crippen molar-refractivity contribution >= 4 is 12.0 Å². The fraction of sp³-hybridized carbons (Fsp3) is 0.440. The second-order valence-electron chi connectivity index (χ2n) is 9.09. The molecule has 1 aliphatic rings. The zero-order chi connectivity index (χ0) is 24.2. The number of hydrogen-bond donors (Lipinski definition) is 0. The highest BCUT2D eigenvalue weighted by molar-refractivity contribution is 5.97. The topological polar surface area (TPSA) is 55.8 Å². The van der Waals surface area contributed by atoms with Crippen LogP contribution in [0.4, 0.5) is 18.0 Å². The molecule has 0 radical (unpaired) electrons. The van der Waals surface area contributed by atoms with E-state index < -0.39 is 41.3 Å². The Morgan fingerprint density at radius 2 is 1.64 bits per heavy atom. The van der Waals surface area contributed by atoms with Gasteiger partial charge in [0.05, 0.1) is 30.7 Å². The zero-order valence-electron chi connectivity index (χ0n) is 18.9. The van der Waals surface area contributed by atoms with Crippen molar-refractivity contribution in [1.82, 2.24) is 4.90 Å². The first-order valence-electron chi connectivity index (χ1n) is 10.8. The SMILES string of the molecule is CC(C)(C)OC(=O)N1C(=O)[C@H](c2ccc(C(F)(F)F)cc2)CC[C@H]1COCc1ccccc1. The van der Waals surface area contributed by atoms with Gasteiger partial charge in [-0.25, -0.2) is 9.69 Å². The maximum atomic E-state index is 13.3. The summed E-state index contributed by atoms with van der Waals surface area (Å²) >= 11 is 0. The van der Waals surface area contributed by atoms with E-state index in [2.05, 4.69) is 0 Å². The van der Waals surface area contributed by atoms with E-state index in [1.54, 1.807) is 20.8 Å². The van der Waals surface area contributed by atoms with Gasteiger partial charge in [-0.2, -0.15) is 13.2 Å². The van der Waals surface area contributed by atoms with Crippen molar-refractivity contribution in [2.45, 2.75) is 64.0 Å². The number of likely N-dealkylation sites (tertiary alicyclic amines) is 1. The Morgan fingerprint density at radius 3 is 2.21 bits per heavy atom. The van der Waals surface area contributed by atoms with Crippen LogP contribution >= 0.6 is 0 Å². The van der Waals surface area contributed by atoms with Crippen molar-refractivity contribution in [3.05, 3.63) is 71.3 Å². The molecule has 0 aliphatic carbocycles. The lowest BCUT2D eigenvalue weighted by Gasteiger charge is -2.38. The molecule has 2 amide bonds. The maximum absolute atomic E-state index is 13.3. The number of imide groups is 1. The molecule has 0 saturated carbocycles. The first-order chi connectivity index (χ1) is 15.5. The van der Waals surface area contributed by atoms with Crippen molar-refractivity contribution < 1.29 is 32.2 Å². The largest absolute Gasteiger partial charge is 0.443 e. The van der Waals surface area contributed by atoms with E-state index in [1.165, 1.54) is 12.1 Å². The molecule has 1 heterocycles. The molecule has 0 aromatic heterocycles. The summed E-state index contributed by atoms with van der Waals surface area (Å²) in [6, 6.07) is 13.5. The lowest BCUT2D eigenvalue weighted by molar-refractivity contribution is -0.139. The third-order valence-electron chi connectivity index (χ3n) is 5.34. The number of alkyl halides is 3. The van der Waals surface area contributed by atoms with Crippen molar-refractivity contribution in [2.24, 2.45) is 0 Å². The van der Waals surface area contributed by atoms with Crippen LogP contribution < -0.4 is 0 Å². The number of rotatable bonds is 5. The van der Waals surface area contributed by atoms with E-state index in [9.17, 15) is 22.8 Å². The van der Waals surface area contributed by atoms with Gasteiger partial charge in [0.2, 0.25) is 5.91 Å². The molecule has 0 bridgehead atoms. The third-order valence-corrected chi connectivity index (χ3v) is 5.34. The smallest absolute Gasteiger partial charge is 0.417 e. The molecule has 2 aromatic rings. The number of halogens is 3. The quantitative estimate of drug-likeness (QED) is 0.551. The van der Waals surface area contributed by atoms with Crippen LogP contribution in [0.1, 0.15) is 56.2 Å². The monoisotopic (exact) mass is 463 g/mol. The molecule has 0 unspecified atom stereocenters. The molecule has 33 heavy (non-hydrogen) atoms. The van der Waals surface area contributed by atoms with Gasteiger partial charge in [0.1, 0.15) is 5.60 Å². The van der Waals surface area contributed by atoms with Gasteiger partial charge in [-0.05, 0) is 56.9 Å². The molecule has 3 rings (SSSR count). The van der Waals surface area contributed by atoms with E-state index in [1.807, 2.05) is 30.3 Å². The summed E-state index contributed by atoms with van der Waals surface area (Å²) in [5, 5.41) is 0. The molecule has 8 heteroatoms. The molecule has 5 nitrogen and oxygen atoms in total. The Kier molecular flexibility index (Phi) is 7.47. The van der Waals surface area contributed by atoms with Crippen LogP contribution in [0.15, 0.2) is 54.6 Å². The number of carbonyl (C=O) groups excluding carboxylic acids is 2. The van der Waals surface area contributed by atoms with Gasteiger partial charge in [0.15, 0.2) is 0 Å². The van der Waals surface area contributed by atoms with E-state index in [0.717, 1.165) is 22.6 Å². The highest BCUT2D eigenvalue weighted by atomic mass is 19.4. The Morgan fingerprint density at radius 1 is 1.00 bits per heavy atom. The van der Waals surface area contributed by atoms with Crippen LogP contribution in [-0.2, 0) is 27.1 Å². The first-order valence-corrected chi connectivity index (χ1v) is 10.8. The number of hydrogen-bond acceptors (Lipinski definition) is 4. The van der Waals surface area contributed by atoms with E-state index in [4.69, 9.17) is 9.47 Å². The first kappa shape index (κ1) is 24.8. The fourth-order valence-corrected chi connectivity index (χ4v) is 3.77. The van der Waals surface area contributed by atoms with Crippen LogP contribution in [0.25, 0.3) is 0 Å². The fourth-order valence-electron chi connectivity index (χ4n) is 3.77. The second kappa shape index (κ2) is 9.95. The van der Waals surface area contributed by atoms with Crippen LogP contribution in [0.3, 0.4) is 0 Å². The molecule has 1 saturated heterocycles. The molecular weight excluding hydrogens is 435 g/mol. The van der Waals surface area contributed by atoms with Gasteiger partial charge in [0.25, 0.3) is 0 Å². The van der Waals surface area contributed by atoms with E-state index in [-0.39, 0.29) is 6.61 Å². The molecule has 178 valence electrons. The molecule has 1 aliphatic heterocycles. The van der Waals surface area contributed by atoms with Crippen LogP contribution in [0, 0.1) is 0 Å². The lowest BCUT2D eigenvalue weighted by Crippen LogP contribution is -2.53. The molecule has 2 atom stereocenters. The van der Waals surface area contributed by atoms with E-state index in [0.29, 0.717) is 25.0 Å². The minimum absolute atomic E-state index is 0.139. The predicted octanol–water partition coefficient (Wildman–Crippen LogP) is 5.93. The molecular formula is C25H28F3NO4. The summed E-state index contributed by atoms with van der Waals surface area (Å²) in [7, 11) is 0. The van der Waals surface area contributed by atoms with Crippen molar-refractivity contribution in [1.29, 1.82) is 0 Å². The number of benzene rings is 2. The number of nitrogens with zero attached hydrogens (tertiary/aromatic N) is 1. The number of piperidine rings is 1. The highest BCUT2D eigenvalue weighted by Gasteiger charge is 2.42. The average Bonchev–Trinajstić information content (AvgIpc) is 2.73. The molecule has 1 fully saturated rings. The normalized spacial score (nSPS) is 19.5. The summed E-state index contributed by atoms with van der Waals surface area (Å²) < 4.78 is 50.0. The predicted molar refractivity (Wildman–Crippen MR) is 116 cm³/mol. The number of ether oxygens (including phenoxy) is 2. The van der Waals surface area contributed by atoms with Gasteiger partial charge < -0.3 is 9.47 Å². The standard InChI is InChI=1S/C25H28F3NO4/c1-24(2,3)33-23(31)29-20(16-32-15-17-7-5-4-6-8-17)13-14-21(22(29)30)18-9-11-19(12-10-18)25(26,27)28/h4-12,20-21H,13-16H2,1-3H3/t20-,21-/m0/s1. The highest BCUT2D eigenvalue weighted by Crippen LogP contribution is 2.35. The van der Waals surface area contributed by atoms with Gasteiger partial charge in [-0.15, -0.1) is 0 Å². The second-order valence-corrected chi connectivity index (χ2v) is 9.09. The van der Waals surface area contributed by atoms with Crippen molar-refractivity contribution in [3.8, 4) is 0 Å². The minimum Gasteiger partial charge on any atom is -0.443 e. The van der Waals surface area contributed by atoms with Crippen LogP contribution in [-0.4, -0.2) is 35.2 Å². The minimum atomic E-state index is -4.46. The Bertz CT molecular complexity index is 952. The maximum Gasteiger partial charge on any atom is 0.417 e. The van der Waals surface area contributed by atoms with Gasteiger partial charge >= 0.3 is 12.3 Å². The average molecular weight is 463 g/mol. The van der Waals surface area contributed by atoms with Gasteiger partial charge in [-0.3, -0.25) is 4.79 Å². The van der Waals surface area contributed by atoms with Crippen molar-refractivity contribution in [3.63, 3.8) is 0 Å². The number of amides is 2. The van der Waals surface area contributed by atoms with Gasteiger partial charge in [-0.1, -0.05) is 42.5 Å². The summed E-state index contributed by atoms with van der Waals surface area (Å²) in [6.07, 6.45) is -4.40. The van der Waals surface area contributed by atoms with E-state index >= 15 is 0 Å². The summed E-state index contributed by atoms with van der Waals surface area (Å²) in [6.45, 7) is 5.57. The van der Waals surface area contributed by atoms with Crippen LogP contribution in [0.5, 0.6) is 0 Å². The Balaban J connectivity index is 1.77. The zero-order valence-corrected chi connectivity index (χ0v) is 18.9. The summed E-state index contributed by atoms with van der Waals surface area (Å²) in [5.41, 5.74) is -0.198. The van der Waals surface area contributed by atoms with Crippen LogP contribution in [0.2, 0.25) is 0 Å². The Hall–Kier alpha value is -2.87.